The molecule has 1 fully saturated rings. The van der Waals surface area contributed by atoms with E-state index >= 15 is 0 Å². The van der Waals surface area contributed by atoms with Crippen LogP contribution in [0.25, 0.3) is 0 Å². The van der Waals surface area contributed by atoms with Gasteiger partial charge >= 0.3 is 5.97 Å². The fourth-order valence-electron chi connectivity index (χ4n) is 2.54. The van der Waals surface area contributed by atoms with Crippen LogP contribution in [0.4, 0.5) is 0 Å². The molecule has 0 bridgehead atoms. The van der Waals surface area contributed by atoms with E-state index in [1.807, 2.05) is 0 Å². The molecule has 1 saturated heterocycles. The minimum atomic E-state index is -0.689. The number of hydrogen-bond donors (Lipinski definition) is 2. The summed E-state index contributed by atoms with van der Waals surface area (Å²) in [5.74, 6) is -0.0871. The number of carbonyl (C=O) groups is 1. The van der Waals surface area contributed by atoms with Crippen LogP contribution in [0, 0.1) is 5.92 Å². The second-order valence-electron chi connectivity index (χ2n) is 5.45. The Labute approximate surface area is 108 Å². The van der Waals surface area contributed by atoms with E-state index in [0.717, 1.165) is 13.0 Å². The van der Waals surface area contributed by atoms with E-state index in [2.05, 4.69) is 43.4 Å². The van der Waals surface area contributed by atoms with Crippen molar-refractivity contribution in [1.82, 2.24) is 5.32 Å². The van der Waals surface area contributed by atoms with Crippen LogP contribution in [0.1, 0.15) is 43.2 Å². The maximum Gasteiger partial charge on any atom is 0.307 e. The second-order valence-corrected chi connectivity index (χ2v) is 5.45. The van der Waals surface area contributed by atoms with Gasteiger partial charge in [-0.2, -0.15) is 0 Å². The van der Waals surface area contributed by atoms with Gasteiger partial charge in [-0.15, -0.1) is 0 Å². The van der Waals surface area contributed by atoms with Gasteiger partial charge in [0, 0.05) is 13.1 Å². The predicted molar refractivity (Wildman–Crippen MR) is 71.9 cm³/mol. The molecule has 2 unspecified atom stereocenters. The number of piperidine rings is 1. The molecule has 1 aliphatic heterocycles. The molecule has 18 heavy (non-hydrogen) atoms. The molecule has 1 aliphatic rings. The number of carboxylic acid groups (broad SMARTS) is 1. The molecule has 0 aliphatic carbocycles. The van der Waals surface area contributed by atoms with Crippen LogP contribution in [0.5, 0.6) is 0 Å². The van der Waals surface area contributed by atoms with E-state index in [1.54, 1.807) is 0 Å². The fourth-order valence-corrected chi connectivity index (χ4v) is 2.54. The van der Waals surface area contributed by atoms with Gasteiger partial charge in [0.05, 0.1) is 5.92 Å². The van der Waals surface area contributed by atoms with E-state index in [0.29, 0.717) is 18.4 Å². The lowest BCUT2D eigenvalue weighted by molar-refractivity contribution is -0.142. The van der Waals surface area contributed by atoms with Crippen molar-refractivity contribution in [2.45, 2.75) is 32.1 Å². The Morgan fingerprint density at radius 1 is 1.28 bits per heavy atom. The van der Waals surface area contributed by atoms with Gasteiger partial charge < -0.3 is 10.4 Å². The highest BCUT2D eigenvalue weighted by atomic mass is 16.4. The highest BCUT2D eigenvalue weighted by Crippen LogP contribution is 2.27. The Hall–Kier alpha value is -1.35. The van der Waals surface area contributed by atoms with Crippen molar-refractivity contribution < 1.29 is 9.90 Å². The molecule has 1 heterocycles. The Kier molecular flexibility index (Phi) is 4.02. The van der Waals surface area contributed by atoms with Gasteiger partial charge in [-0.05, 0) is 29.4 Å². The maximum atomic E-state index is 11.0. The van der Waals surface area contributed by atoms with Crippen LogP contribution < -0.4 is 5.32 Å². The summed E-state index contributed by atoms with van der Waals surface area (Å²) < 4.78 is 0. The summed E-state index contributed by atoms with van der Waals surface area (Å²) in [5, 5.41) is 12.3. The van der Waals surface area contributed by atoms with Crippen molar-refractivity contribution in [2.24, 2.45) is 5.92 Å². The highest BCUT2D eigenvalue weighted by molar-refractivity contribution is 5.70. The van der Waals surface area contributed by atoms with E-state index in [9.17, 15) is 4.79 Å². The second kappa shape index (κ2) is 5.53. The topological polar surface area (TPSA) is 49.3 Å². The summed E-state index contributed by atoms with van der Waals surface area (Å²) in [6.07, 6.45) is 0.739. The third-order valence-corrected chi connectivity index (χ3v) is 3.77. The summed E-state index contributed by atoms with van der Waals surface area (Å²) >= 11 is 0. The normalized spacial score (nSPS) is 24.2. The summed E-state index contributed by atoms with van der Waals surface area (Å²) in [6.45, 7) is 5.83. The zero-order chi connectivity index (χ0) is 13.1. The molecule has 2 rings (SSSR count). The first-order valence-electron chi connectivity index (χ1n) is 6.61. The number of aliphatic carboxylic acids is 1. The van der Waals surface area contributed by atoms with Crippen molar-refractivity contribution in [2.75, 3.05) is 13.1 Å². The highest BCUT2D eigenvalue weighted by Gasteiger charge is 2.27. The van der Waals surface area contributed by atoms with Gasteiger partial charge in [0.1, 0.15) is 0 Å². The van der Waals surface area contributed by atoms with Crippen LogP contribution >= 0.6 is 0 Å². The third-order valence-electron chi connectivity index (χ3n) is 3.77. The molecule has 98 valence electrons. The quantitative estimate of drug-likeness (QED) is 0.863. The SMILES string of the molecule is CC(C)c1ccc(C2CNCC(C(=O)O)C2)cc1. The Balaban J connectivity index is 2.09. The van der Waals surface area contributed by atoms with Gasteiger partial charge in [0.2, 0.25) is 0 Å². The number of hydrogen-bond acceptors (Lipinski definition) is 2. The molecule has 0 radical (unpaired) electrons. The number of nitrogens with one attached hydrogen (secondary N) is 1. The van der Waals surface area contributed by atoms with Crippen LogP contribution in [0.3, 0.4) is 0 Å². The van der Waals surface area contributed by atoms with E-state index < -0.39 is 5.97 Å². The van der Waals surface area contributed by atoms with Crippen molar-refractivity contribution in [3.05, 3.63) is 35.4 Å². The molecule has 1 aromatic rings. The van der Waals surface area contributed by atoms with E-state index in [-0.39, 0.29) is 5.92 Å². The van der Waals surface area contributed by atoms with Crippen molar-refractivity contribution in [1.29, 1.82) is 0 Å². The molecule has 0 saturated carbocycles. The Bertz CT molecular complexity index is 411. The van der Waals surface area contributed by atoms with Gasteiger partial charge in [-0.1, -0.05) is 38.1 Å². The minimum Gasteiger partial charge on any atom is -0.481 e. The van der Waals surface area contributed by atoms with Crippen molar-refractivity contribution in [3.8, 4) is 0 Å². The molecule has 2 N–H and O–H groups in total. The first-order valence-corrected chi connectivity index (χ1v) is 6.61. The van der Waals surface area contributed by atoms with Crippen molar-refractivity contribution in [3.63, 3.8) is 0 Å². The molecule has 3 heteroatoms. The maximum absolute atomic E-state index is 11.0. The first kappa shape index (κ1) is 13.1. The zero-order valence-electron chi connectivity index (χ0n) is 11.0. The van der Waals surface area contributed by atoms with Crippen LogP contribution in [-0.2, 0) is 4.79 Å². The fraction of sp³-hybridized carbons (Fsp3) is 0.533. The first-order chi connectivity index (χ1) is 8.58. The minimum absolute atomic E-state index is 0.256. The Morgan fingerprint density at radius 2 is 1.94 bits per heavy atom. The van der Waals surface area contributed by atoms with Crippen molar-refractivity contribution >= 4 is 5.97 Å². The van der Waals surface area contributed by atoms with E-state index in [1.165, 1.54) is 11.1 Å². The lowest BCUT2D eigenvalue weighted by Crippen LogP contribution is -2.38. The Morgan fingerprint density at radius 3 is 2.50 bits per heavy atom. The van der Waals surface area contributed by atoms with Crippen LogP contribution in [0.15, 0.2) is 24.3 Å². The molecule has 2 atom stereocenters. The van der Waals surface area contributed by atoms with Gasteiger partial charge in [-0.3, -0.25) is 4.79 Å². The summed E-state index contributed by atoms with van der Waals surface area (Å²) in [7, 11) is 0. The molecular formula is C15H21NO2. The lowest BCUT2D eigenvalue weighted by atomic mass is 9.85. The van der Waals surface area contributed by atoms with Gasteiger partial charge in [0.15, 0.2) is 0 Å². The monoisotopic (exact) mass is 247 g/mol. The number of benzene rings is 1. The molecule has 3 nitrogen and oxygen atoms in total. The molecular weight excluding hydrogens is 226 g/mol. The molecule has 0 spiro atoms. The van der Waals surface area contributed by atoms with E-state index in [4.69, 9.17) is 5.11 Å². The summed E-state index contributed by atoms with van der Waals surface area (Å²) in [5.41, 5.74) is 2.58. The van der Waals surface area contributed by atoms with Gasteiger partial charge in [-0.25, -0.2) is 0 Å². The predicted octanol–water partition coefficient (Wildman–Crippen LogP) is 2.59. The van der Waals surface area contributed by atoms with Crippen LogP contribution in [0.2, 0.25) is 0 Å². The molecule has 0 amide bonds. The summed E-state index contributed by atoms with van der Waals surface area (Å²) in [4.78, 5) is 11.0. The molecule has 0 aromatic heterocycles. The number of carboxylic acids is 1. The standard InChI is InChI=1S/C15H21NO2/c1-10(2)11-3-5-12(6-4-11)13-7-14(15(17)18)9-16-8-13/h3-6,10,13-14,16H,7-9H2,1-2H3,(H,17,18). The lowest BCUT2D eigenvalue weighted by Gasteiger charge is -2.28. The zero-order valence-corrected chi connectivity index (χ0v) is 11.0. The average molecular weight is 247 g/mol. The average Bonchev–Trinajstić information content (AvgIpc) is 2.39. The largest absolute Gasteiger partial charge is 0.481 e. The summed E-state index contributed by atoms with van der Waals surface area (Å²) in [6, 6.07) is 8.60. The van der Waals surface area contributed by atoms with Crippen LogP contribution in [-0.4, -0.2) is 24.2 Å². The smallest absolute Gasteiger partial charge is 0.307 e. The third kappa shape index (κ3) is 2.91. The molecule has 1 aromatic carbocycles. The number of rotatable bonds is 3. The van der Waals surface area contributed by atoms with Gasteiger partial charge in [0.25, 0.3) is 0 Å².